The topological polar surface area (TPSA) is 81.5 Å². The minimum atomic E-state index is -0.301. The van der Waals surface area contributed by atoms with Gasteiger partial charge in [0.1, 0.15) is 0 Å². The van der Waals surface area contributed by atoms with E-state index in [0.29, 0.717) is 12.1 Å². The number of para-hydroxylation sites is 1. The Kier molecular flexibility index (Phi) is 4.27. The van der Waals surface area contributed by atoms with Crippen molar-refractivity contribution in [3.8, 4) is 0 Å². The summed E-state index contributed by atoms with van der Waals surface area (Å²) in [5.74, 6) is -0.0528. The Morgan fingerprint density at radius 2 is 2.07 bits per heavy atom. The molecule has 3 heterocycles. The van der Waals surface area contributed by atoms with Gasteiger partial charge in [-0.15, -0.1) is 5.10 Å². The van der Waals surface area contributed by atoms with Crippen molar-refractivity contribution in [1.82, 2.24) is 19.5 Å². The Hall–Kier alpha value is -3.35. The highest BCUT2D eigenvalue weighted by Crippen LogP contribution is 2.18. The van der Waals surface area contributed by atoms with E-state index in [1.807, 2.05) is 44.2 Å². The molecular formula is C20H20N4O3. The van der Waals surface area contributed by atoms with Crippen LogP contribution >= 0.6 is 0 Å². The molecule has 1 atom stereocenters. The highest BCUT2D eigenvalue weighted by Gasteiger charge is 2.18. The highest BCUT2D eigenvalue weighted by atomic mass is 16.3. The average molecular weight is 364 g/mol. The van der Waals surface area contributed by atoms with Gasteiger partial charge in [-0.25, -0.2) is 13.9 Å². The number of hydrogen-bond donors (Lipinski definition) is 1. The largest absolute Gasteiger partial charge is 0.459 e. The zero-order valence-corrected chi connectivity index (χ0v) is 15.2. The maximum Gasteiger partial charge on any atom is 0.350 e. The van der Waals surface area contributed by atoms with Gasteiger partial charge in [0.15, 0.2) is 11.4 Å². The molecule has 0 radical (unpaired) electrons. The molecule has 0 aliphatic heterocycles. The van der Waals surface area contributed by atoms with Crippen molar-refractivity contribution in [1.29, 1.82) is 0 Å². The van der Waals surface area contributed by atoms with Crippen molar-refractivity contribution >= 4 is 22.5 Å². The number of benzene rings is 1. The Labute approximate surface area is 155 Å². The molecule has 4 rings (SSSR count). The molecule has 138 valence electrons. The van der Waals surface area contributed by atoms with Crippen molar-refractivity contribution in [3.63, 3.8) is 0 Å². The standard InChI is InChI=1S/C20H20N4O3/c1-3-15(21-19(25)17-9-6-10-27-17)12-23-20(26)24-16-8-5-4-7-14(16)11-13(2)18(24)22-23/h4-11,15H,3,12H2,1-2H3,(H,21,25). The van der Waals surface area contributed by atoms with Crippen LogP contribution < -0.4 is 11.0 Å². The number of furan rings is 1. The smallest absolute Gasteiger partial charge is 0.350 e. The molecule has 7 heteroatoms. The van der Waals surface area contributed by atoms with Gasteiger partial charge in [-0.2, -0.15) is 0 Å². The number of hydrogen-bond acceptors (Lipinski definition) is 4. The fraction of sp³-hybridized carbons (Fsp3) is 0.250. The molecule has 27 heavy (non-hydrogen) atoms. The van der Waals surface area contributed by atoms with Crippen LogP contribution in [0, 0.1) is 6.92 Å². The lowest BCUT2D eigenvalue weighted by molar-refractivity contribution is 0.0902. The summed E-state index contributed by atoms with van der Waals surface area (Å²) in [6.07, 6.45) is 2.11. The monoisotopic (exact) mass is 364 g/mol. The zero-order valence-electron chi connectivity index (χ0n) is 15.2. The normalized spacial score (nSPS) is 12.5. The van der Waals surface area contributed by atoms with Crippen LogP contribution in [-0.4, -0.2) is 26.1 Å². The number of aromatic nitrogens is 3. The van der Waals surface area contributed by atoms with E-state index in [4.69, 9.17) is 4.42 Å². The van der Waals surface area contributed by atoms with Crippen LogP contribution in [0.15, 0.2) is 57.9 Å². The fourth-order valence-corrected chi connectivity index (χ4v) is 3.26. The zero-order chi connectivity index (χ0) is 19.0. The van der Waals surface area contributed by atoms with E-state index in [-0.39, 0.29) is 29.9 Å². The van der Waals surface area contributed by atoms with Crippen LogP contribution in [-0.2, 0) is 6.54 Å². The SMILES string of the molecule is CCC(Cn1nc2c(C)cc3ccccc3n2c1=O)NC(=O)c1ccco1. The molecule has 0 spiro atoms. The molecule has 0 aliphatic carbocycles. The van der Waals surface area contributed by atoms with Crippen molar-refractivity contribution in [2.75, 3.05) is 0 Å². The van der Waals surface area contributed by atoms with Crippen LogP contribution in [0.2, 0.25) is 0 Å². The number of rotatable bonds is 5. The molecule has 0 bridgehead atoms. The van der Waals surface area contributed by atoms with Crippen LogP contribution in [0.5, 0.6) is 0 Å². The van der Waals surface area contributed by atoms with Gasteiger partial charge >= 0.3 is 5.69 Å². The number of aryl methyl sites for hydroxylation is 1. The minimum absolute atomic E-state index is 0.212. The second kappa shape index (κ2) is 6.75. The van der Waals surface area contributed by atoms with Crippen LogP contribution in [0.3, 0.4) is 0 Å². The first kappa shape index (κ1) is 17.1. The molecule has 0 saturated carbocycles. The van der Waals surface area contributed by atoms with Gasteiger partial charge in [-0.05, 0) is 48.6 Å². The van der Waals surface area contributed by atoms with Gasteiger partial charge in [-0.1, -0.05) is 25.1 Å². The lowest BCUT2D eigenvalue weighted by Crippen LogP contribution is -2.40. The van der Waals surface area contributed by atoms with E-state index in [1.165, 1.54) is 10.9 Å². The van der Waals surface area contributed by atoms with Crippen LogP contribution in [0.1, 0.15) is 29.5 Å². The summed E-state index contributed by atoms with van der Waals surface area (Å²) in [7, 11) is 0. The predicted molar refractivity (Wildman–Crippen MR) is 102 cm³/mol. The summed E-state index contributed by atoms with van der Waals surface area (Å²) in [6.45, 7) is 4.18. The Bertz CT molecular complexity index is 1170. The van der Waals surface area contributed by atoms with Crippen LogP contribution in [0.4, 0.5) is 0 Å². The Morgan fingerprint density at radius 1 is 1.26 bits per heavy atom. The number of pyridine rings is 1. The summed E-state index contributed by atoms with van der Waals surface area (Å²) in [6, 6.07) is 12.8. The third-order valence-electron chi connectivity index (χ3n) is 4.71. The lowest BCUT2D eigenvalue weighted by atomic mass is 10.1. The fourth-order valence-electron chi connectivity index (χ4n) is 3.26. The van der Waals surface area contributed by atoms with Gasteiger partial charge in [0.05, 0.1) is 18.3 Å². The number of amides is 1. The molecule has 4 aromatic rings. The molecule has 7 nitrogen and oxygen atoms in total. The first-order valence-electron chi connectivity index (χ1n) is 8.90. The second-order valence-electron chi connectivity index (χ2n) is 6.57. The molecule has 1 N–H and O–H groups in total. The van der Waals surface area contributed by atoms with Crippen molar-refractivity contribution in [3.05, 3.63) is 70.5 Å². The quantitative estimate of drug-likeness (QED) is 0.590. The Balaban J connectivity index is 1.70. The van der Waals surface area contributed by atoms with Crippen molar-refractivity contribution in [2.24, 2.45) is 0 Å². The molecule has 0 saturated heterocycles. The van der Waals surface area contributed by atoms with Gasteiger partial charge in [0.2, 0.25) is 0 Å². The molecule has 3 aromatic heterocycles. The van der Waals surface area contributed by atoms with E-state index in [1.54, 1.807) is 16.5 Å². The van der Waals surface area contributed by atoms with Crippen molar-refractivity contribution < 1.29 is 9.21 Å². The first-order chi connectivity index (χ1) is 13.1. The highest BCUT2D eigenvalue weighted by molar-refractivity contribution is 5.91. The summed E-state index contributed by atoms with van der Waals surface area (Å²) < 4.78 is 8.18. The van der Waals surface area contributed by atoms with E-state index < -0.39 is 0 Å². The lowest BCUT2D eigenvalue weighted by Gasteiger charge is -2.15. The number of nitrogens with zero attached hydrogens (tertiary/aromatic N) is 3. The van der Waals surface area contributed by atoms with Gasteiger partial charge in [-0.3, -0.25) is 4.79 Å². The Morgan fingerprint density at radius 3 is 2.81 bits per heavy atom. The maximum atomic E-state index is 13.0. The second-order valence-corrected chi connectivity index (χ2v) is 6.57. The average Bonchev–Trinajstić information content (AvgIpc) is 3.31. The third kappa shape index (κ3) is 3.01. The summed E-state index contributed by atoms with van der Waals surface area (Å²) >= 11 is 0. The maximum absolute atomic E-state index is 13.0. The minimum Gasteiger partial charge on any atom is -0.459 e. The van der Waals surface area contributed by atoms with E-state index in [9.17, 15) is 9.59 Å². The van der Waals surface area contributed by atoms with E-state index >= 15 is 0 Å². The first-order valence-corrected chi connectivity index (χ1v) is 8.90. The predicted octanol–water partition coefficient (Wildman–Crippen LogP) is 2.76. The summed E-state index contributed by atoms with van der Waals surface area (Å²) in [5, 5.41) is 8.40. The van der Waals surface area contributed by atoms with Gasteiger partial charge < -0.3 is 9.73 Å². The van der Waals surface area contributed by atoms with Gasteiger partial charge in [0.25, 0.3) is 5.91 Å². The number of carbonyl (C=O) groups excluding carboxylic acids is 1. The molecule has 0 fully saturated rings. The van der Waals surface area contributed by atoms with Crippen LogP contribution in [0.25, 0.3) is 16.6 Å². The molecule has 1 amide bonds. The molecule has 1 aromatic carbocycles. The number of nitrogens with one attached hydrogen (secondary N) is 1. The molecular weight excluding hydrogens is 344 g/mol. The number of carbonyl (C=O) groups is 1. The number of fused-ring (bicyclic) bond motifs is 3. The third-order valence-corrected chi connectivity index (χ3v) is 4.71. The van der Waals surface area contributed by atoms with Gasteiger partial charge in [0, 0.05) is 6.04 Å². The van der Waals surface area contributed by atoms with Crippen molar-refractivity contribution in [2.45, 2.75) is 32.9 Å². The summed E-state index contributed by atoms with van der Waals surface area (Å²) in [4.78, 5) is 25.2. The molecule has 0 aliphatic rings. The van der Waals surface area contributed by atoms with E-state index in [0.717, 1.165) is 16.5 Å². The summed E-state index contributed by atoms with van der Waals surface area (Å²) in [5.41, 5.74) is 2.17. The molecule has 1 unspecified atom stereocenters. The van der Waals surface area contributed by atoms with E-state index in [2.05, 4.69) is 10.4 Å².